The van der Waals surface area contributed by atoms with Crippen molar-refractivity contribution in [3.05, 3.63) is 89.1 Å². The highest BCUT2D eigenvalue weighted by Gasteiger charge is 2.27. The van der Waals surface area contributed by atoms with E-state index in [0.29, 0.717) is 53.6 Å². The monoisotopic (exact) mass is 558 g/mol. The van der Waals surface area contributed by atoms with Gasteiger partial charge in [-0.1, -0.05) is 35.9 Å². The van der Waals surface area contributed by atoms with Crippen molar-refractivity contribution in [2.45, 2.75) is 16.2 Å². The van der Waals surface area contributed by atoms with E-state index in [1.807, 2.05) is 6.07 Å². The number of nitrogens with zero attached hydrogens (tertiary/aromatic N) is 3. The third kappa shape index (κ3) is 5.60. The number of sulfonamides is 2. The van der Waals surface area contributed by atoms with E-state index >= 15 is 0 Å². The van der Waals surface area contributed by atoms with Crippen LogP contribution in [0.25, 0.3) is 11.0 Å². The number of nitrogens with one attached hydrogen (secondary N) is 1. The number of anilines is 1. The first kappa shape index (κ1) is 25.6. The van der Waals surface area contributed by atoms with Gasteiger partial charge < -0.3 is 4.74 Å². The molecule has 1 aromatic heterocycles. The van der Waals surface area contributed by atoms with Crippen LogP contribution < -0.4 is 4.72 Å². The number of para-hydroxylation sites is 2. The number of halogens is 1. The van der Waals surface area contributed by atoms with Gasteiger partial charge >= 0.3 is 0 Å². The Labute approximate surface area is 220 Å². The van der Waals surface area contributed by atoms with Crippen molar-refractivity contribution in [1.82, 2.24) is 14.3 Å². The van der Waals surface area contributed by atoms with E-state index in [1.165, 1.54) is 28.6 Å². The molecule has 0 radical (unpaired) electrons. The van der Waals surface area contributed by atoms with Crippen LogP contribution >= 0.6 is 11.6 Å². The Morgan fingerprint density at radius 1 is 0.838 bits per heavy atom. The van der Waals surface area contributed by atoms with Gasteiger partial charge in [-0.3, -0.25) is 4.72 Å². The molecule has 1 fully saturated rings. The summed E-state index contributed by atoms with van der Waals surface area (Å²) in [5.41, 5.74) is 2.11. The average molecular weight is 559 g/mol. The van der Waals surface area contributed by atoms with E-state index in [2.05, 4.69) is 14.7 Å². The van der Waals surface area contributed by atoms with Gasteiger partial charge in [0.1, 0.15) is 0 Å². The van der Waals surface area contributed by atoms with Gasteiger partial charge in [-0.2, -0.15) is 4.31 Å². The summed E-state index contributed by atoms with van der Waals surface area (Å²) in [6.45, 7) is 1.28. The number of hydrogen-bond donors (Lipinski definition) is 1. The smallest absolute Gasteiger partial charge is 0.263 e. The van der Waals surface area contributed by atoms with Gasteiger partial charge in [0.15, 0.2) is 5.82 Å². The molecule has 0 aliphatic carbocycles. The number of fused-ring (bicyclic) bond motifs is 1. The van der Waals surface area contributed by atoms with Crippen molar-refractivity contribution < 1.29 is 21.6 Å². The highest BCUT2D eigenvalue weighted by atomic mass is 35.5. The topological polar surface area (TPSA) is 119 Å². The number of rotatable bonds is 7. The highest BCUT2D eigenvalue weighted by Crippen LogP contribution is 2.25. The number of hydrogen-bond acceptors (Lipinski definition) is 7. The first-order valence-electron chi connectivity index (χ1n) is 11.4. The van der Waals surface area contributed by atoms with Crippen molar-refractivity contribution in [3.63, 3.8) is 0 Å². The molecule has 0 unspecified atom stereocenters. The first-order valence-corrected chi connectivity index (χ1v) is 14.7. The maximum absolute atomic E-state index is 13.1. The van der Waals surface area contributed by atoms with Crippen molar-refractivity contribution in [2.24, 2.45) is 0 Å². The lowest BCUT2D eigenvalue weighted by Crippen LogP contribution is -2.40. The van der Waals surface area contributed by atoms with E-state index in [-0.39, 0.29) is 22.0 Å². The van der Waals surface area contributed by atoms with Crippen LogP contribution in [0.15, 0.2) is 82.6 Å². The Balaban J connectivity index is 1.51. The summed E-state index contributed by atoms with van der Waals surface area (Å²) in [6.07, 6.45) is 0.156. The number of ether oxygens (including phenoxy) is 1. The Kier molecular flexibility index (Phi) is 7.15. The summed E-state index contributed by atoms with van der Waals surface area (Å²) in [7, 11) is -7.68. The minimum Gasteiger partial charge on any atom is -0.379 e. The molecular weight excluding hydrogens is 536 g/mol. The number of morpholine rings is 1. The summed E-state index contributed by atoms with van der Waals surface area (Å²) in [5, 5.41) is 0.414. The molecule has 5 rings (SSSR count). The lowest BCUT2D eigenvalue weighted by atomic mass is 10.1. The van der Waals surface area contributed by atoms with Crippen molar-refractivity contribution in [2.75, 3.05) is 31.0 Å². The molecule has 3 aromatic carbocycles. The van der Waals surface area contributed by atoms with E-state index < -0.39 is 20.0 Å². The van der Waals surface area contributed by atoms with Gasteiger partial charge in [-0.25, -0.2) is 26.8 Å². The van der Waals surface area contributed by atoms with Gasteiger partial charge in [-0.15, -0.1) is 0 Å². The highest BCUT2D eigenvalue weighted by molar-refractivity contribution is 7.92. The Bertz CT molecular complexity index is 1660. The van der Waals surface area contributed by atoms with Crippen LogP contribution in [0.4, 0.5) is 5.82 Å². The van der Waals surface area contributed by atoms with Crippen LogP contribution in [0, 0.1) is 0 Å². The minimum atomic E-state index is -3.98. The normalized spacial score (nSPS) is 15.1. The van der Waals surface area contributed by atoms with Crippen LogP contribution in [0.5, 0.6) is 0 Å². The number of benzene rings is 3. The van der Waals surface area contributed by atoms with Gasteiger partial charge in [0.2, 0.25) is 10.0 Å². The summed E-state index contributed by atoms with van der Waals surface area (Å²) < 4.78 is 61.7. The van der Waals surface area contributed by atoms with Crippen LogP contribution in [-0.2, 0) is 31.2 Å². The van der Waals surface area contributed by atoms with E-state index in [0.717, 1.165) is 0 Å². The fraction of sp³-hybridized carbons (Fsp3) is 0.200. The standard InChI is InChI=1S/C25H23ClN4O5S2/c26-19-8-10-20(11-9-19)36(31,32)29-25-24(27-22-6-1-2-7-23(22)28-25)17-18-4-3-5-21(16-18)37(33,34)30-12-14-35-15-13-30/h1-11,16H,12-15,17H2,(H,28,29). The third-order valence-corrected chi connectivity index (χ3v) is 9.38. The SMILES string of the molecule is O=S(=O)(Nc1nc2ccccc2nc1Cc1cccc(S(=O)(=O)N2CCOCC2)c1)c1ccc(Cl)cc1. The molecule has 0 spiro atoms. The number of aromatic nitrogens is 2. The van der Waals surface area contributed by atoms with Gasteiger partial charge in [0.05, 0.1) is 39.7 Å². The molecule has 0 amide bonds. The van der Waals surface area contributed by atoms with Crippen LogP contribution in [0.2, 0.25) is 5.02 Å². The molecule has 0 bridgehead atoms. The second-order valence-corrected chi connectivity index (χ2v) is 12.5. The largest absolute Gasteiger partial charge is 0.379 e. The summed E-state index contributed by atoms with van der Waals surface area (Å²) >= 11 is 5.91. The zero-order valence-corrected chi connectivity index (χ0v) is 21.9. The molecule has 12 heteroatoms. The van der Waals surface area contributed by atoms with Gasteiger partial charge in [0.25, 0.3) is 10.0 Å². The average Bonchev–Trinajstić information content (AvgIpc) is 2.90. The molecule has 9 nitrogen and oxygen atoms in total. The molecule has 0 atom stereocenters. The van der Waals surface area contributed by atoms with E-state index in [9.17, 15) is 16.8 Å². The molecule has 1 aliphatic rings. The molecule has 1 N–H and O–H groups in total. The van der Waals surface area contributed by atoms with Crippen LogP contribution in [0.3, 0.4) is 0 Å². The van der Waals surface area contributed by atoms with Gasteiger partial charge in [0, 0.05) is 24.5 Å². The molecule has 2 heterocycles. The van der Waals surface area contributed by atoms with E-state index in [1.54, 1.807) is 42.5 Å². The third-order valence-electron chi connectivity index (χ3n) is 5.88. The molecule has 1 saturated heterocycles. The lowest BCUT2D eigenvalue weighted by Gasteiger charge is -2.26. The first-order chi connectivity index (χ1) is 17.7. The van der Waals surface area contributed by atoms with Crippen LogP contribution in [0.1, 0.15) is 11.3 Å². The second-order valence-electron chi connectivity index (χ2n) is 8.41. The zero-order chi connectivity index (χ0) is 26.0. The quantitative estimate of drug-likeness (QED) is 0.367. The molecule has 37 heavy (non-hydrogen) atoms. The molecule has 1 aliphatic heterocycles. The van der Waals surface area contributed by atoms with Crippen molar-refractivity contribution in [1.29, 1.82) is 0 Å². The lowest BCUT2D eigenvalue weighted by molar-refractivity contribution is 0.0730. The van der Waals surface area contributed by atoms with Crippen molar-refractivity contribution in [3.8, 4) is 0 Å². The summed E-state index contributed by atoms with van der Waals surface area (Å²) in [5.74, 6) is 0.0649. The molecular formula is C25H23ClN4O5S2. The predicted octanol–water partition coefficient (Wildman–Crippen LogP) is 3.70. The Morgan fingerprint density at radius 2 is 1.51 bits per heavy atom. The zero-order valence-electron chi connectivity index (χ0n) is 19.5. The maximum Gasteiger partial charge on any atom is 0.263 e. The Hall–Kier alpha value is -3.09. The molecule has 192 valence electrons. The van der Waals surface area contributed by atoms with Crippen LogP contribution in [-0.4, -0.2) is 57.4 Å². The van der Waals surface area contributed by atoms with Gasteiger partial charge in [-0.05, 0) is 54.1 Å². The minimum absolute atomic E-state index is 0.0245. The Morgan fingerprint density at radius 3 is 2.22 bits per heavy atom. The fourth-order valence-electron chi connectivity index (χ4n) is 3.99. The molecule has 4 aromatic rings. The summed E-state index contributed by atoms with van der Waals surface area (Å²) in [4.78, 5) is 9.36. The maximum atomic E-state index is 13.1. The van der Waals surface area contributed by atoms with E-state index in [4.69, 9.17) is 16.3 Å². The molecule has 0 saturated carbocycles. The summed E-state index contributed by atoms with van der Waals surface area (Å²) in [6, 6.07) is 19.5. The second kappa shape index (κ2) is 10.3. The predicted molar refractivity (Wildman–Crippen MR) is 141 cm³/mol. The fourth-order valence-corrected chi connectivity index (χ4v) is 6.62. The van der Waals surface area contributed by atoms with Crippen molar-refractivity contribution >= 4 is 48.5 Å².